The normalized spacial score (nSPS) is 11.5. The van der Waals surface area contributed by atoms with Crippen LogP contribution in [0.25, 0.3) is 27.8 Å². The van der Waals surface area contributed by atoms with Gasteiger partial charge in [-0.1, -0.05) is 6.07 Å². The maximum atomic E-state index is 12.6. The Kier molecular flexibility index (Phi) is 3.34. The minimum atomic E-state index is -0.372. The number of pyridine rings is 2. The summed E-state index contributed by atoms with van der Waals surface area (Å²) in [4.78, 5) is 33.3. The van der Waals surface area contributed by atoms with Crippen LogP contribution in [0.15, 0.2) is 41.6 Å². The van der Waals surface area contributed by atoms with Crippen LogP contribution in [0.5, 0.6) is 0 Å². The summed E-state index contributed by atoms with van der Waals surface area (Å²) in [5.74, 6) is 0.474. The van der Waals surface area contributed by atoms with E-state index in [-0.39, 0.29) is 17.6 Å². The van der Waals surface area contributed by atoms with Gasteiger partial charge in [-0.2, -0.15) is 9.78 Å². The number of nitrogens with zero attached hydrogens (tertiary/aromatic N) is 5. The van der Waals surface area contributed by atoms with Crippen molar-refractivity contribution in [1.82, 2.24) is 34.8 Å². The molecule has 4 aromatic rings. The summed E-state index contributed by atoms with van der Waals surface area (Å²) in [5, 5.41) is 10.9. The number of carbonyl (C=O) groups is 1. The van der Waals surface area contributed by atoms with E-state index in [1.54, 1.807) is 24.4 Å². The zero-order chi connectivity index (χ0) is 17.6. The maximum absolute atomic E-state index is 12.6. The van der Waals surface area contributed by atoms with Crippen LogP contribution in [0.2, 0.25) is 0 Å². The summed E-state index contributed by atoms with van der Waals surface area (Å²) >= 11 is 0. The quantitative estimate of drug-likeness (QED) is 0.575. The molecule has 0 fully saturated rings. The second-order valence-electron chi connectivity index (χ2n) is 5.89. The van der Waals surface area contributed by atoms with Crippen molar-refractivity contribution in [3.05, 3.63) is 47.1 Å². The van der Waals surface area contributed by atoms with E-state index in [1.807, 2.05) is 13.8 Å². The minimum absolute atomic E-state index is 0.0273. The molecular formula is C16H15N7O2. The number of hydrogen-bond acceptors (Lipinski definition) is 5. The van der Waals surface area contributed by atoms with Gasteiger partial charge in [0.15, 0.2) is 11.5 Å². The van der Waals surface area contributed by atoms with Gasteiger partial charge in [0.1, 0.15) is 0 Å². The Morgan fingerprint density at radius 3 is 2.76 bits per heavy atom. The molecule has 0 unspecified atom stereocenters. The van der Waals surface area contributed by atoms with E-state index in [1.165, 1.54) is 21.8 Å². The van der Waals surface area contributed by atoms with Crippen molar-refractivity contribution in [2.75, 3.05) is 0 Å². The van der Waals surface area contributed by atoms with Gasteiger partial charge in [-0.3, -0.25) is 9.89 Å². The van der Waals surface area contributed by atoms with Gasteiger partial charge in [0, 0.05) is 18.4 Å². The molecule has 25 heavy (non-hydrogen) atoms. The lowest BCUT2D eigenvalue weighted by Crippen LogP contribution is -2.34. The molecule has 0 aliphatic carbocycles. The van der Waals surface area contributed by atoms with Gasteiger partial charge in [-0.15, -0.1) is 0 Å². The third kappa shape index (κ3) is 2.36. The van der Waals surface area contributed by atoms with Gasteiger partial charge in [-0.05, 0) is 26.0 Å². The van der Waals surface area contributed by atoms with E-state index < -0.39 is 0 Å². The number of nitrogens with one attached hydrogen (secondary N) is 2. The summed E-state index contributed by atoms with van der Waals surface area (Å²) in [5.41, 5.74) is 0.673. The highest BCUT2D eigenvalue weighted by Gasteiger charge is 2.18. The molecule has 2 N–H and O–H groups in total. The van der Waals surface area contributed by atoms with Crippen molar-refractivity contribution in [1.29, 1.82) is 0 Å². The number of hydrogen-bond donors (Lipinski definition) is 2. The largest absolute Gasteiger partial charge is 0.344 e. The zero-order valence-corrected chi connectivity index (χ0v) is 13.6. The Morgan fingerprint density at radius 1 is 1.20 bits per heavy atom. The Balaban J connectivity index is 1.92. The first-order valence-electron chi connectivity index (χ1n) is 7.76. The van der Waals surface area contributed by atoms with E-state index in [2.05, 4.69) is 25.5 Å². The Hall–Kier alpha value is -3.49. The van der Waals surface area contributed by atoms with Crippen molar-refractivity contribution in [2.24, 2.45) is 0 Å². The molecule has 4 rings (SSSR count). The van der Waals surface area contributed by atoms with Crippen molar-refractivity contribution in [3.63, 3.8) is 0 Å². The first-order chi connectivity index (χ1) is 12.1. The third-order valence-corrected chi connectivity index (χ3v) is 3.74. The molecule has 4 aromatic heterocycles. The summed E-state index contributed by atoms with van der Waals surface area (Å²) < 4.78 is 2.53. The topological polar surface area (TPSA) is 110 Å². The lowest BCUT2D eigenvalue weighted by Gasteiger charge is -2.07. The Morgan fingerprint density at radius 2 is 2.04 bits per heavy atom. The van der Waals surface area contributed by atoms with E-state index >= 15 is 0 Å². The van der Waals surface area contributed by atoms with E-state index in [4.69, 9.17) is 0 Å². The first-order valence-corrected chi connectivity index (χ1v) is 7.76. The fraction of sp³-hybridized carbons (Fsp3) is 0.188. The number of fused-ring (bicyclic) bond motifs is 3. The number of carbonyl (C=O) groups excluding carboxylic acids is 1. The molecule has 0 aromatic carbocycles. The number of amides is 1. The monoisotopic (exact) mass is 337 g/mol. The predicted octanol–water partition coefficient (Wildman–Crippen LogP) is 1.42. The van der Waals surface area contributed by atoms with Crippen LogP contribution < -0.4 is 10.9 Å². The lowest BCUT2D eigenvalue weighted by atomic mass is 10.2. The van der Waals surface area contributed by atoms with Gasteiger partial charge in [0.25, 0.3) is 5.56 Å². The number of aromatic amines is 1. The third-order valence-electron chi connectivity index (χ3n) is 3.74. The smallest absolute Gasteiger partial charge is 0.334 e. The second-order valence-corrected chi connectivity index (χ2v) is 5.89. The highest BCUT2D eigenvalue weighted by atomic mass is 16.2. The lowest BCUT2D eigenvalue weighted by molar-refractivity contribution is 0.238. The fourth-order valence-corrected chi connectivity index (χ4v) is 2.65. The SMILES string of the molecule is CC(C)NC(=O)n1ncc2c3[nH]n(-c4ccccn4)c(=O)c3cnc21. The van der Waals surface area contributed by atoms with E-state index in [9.17, 15) is 9.59 Å². The average Bonchev–Trinajstić information content (AvgIpc) is 3.16. The molecule has 0 aliphatic rings. The zero-order valence-electron chi connectivity index (χ0n) is 13.6. The maximum Gasteiger partial charge on any atom is 0.344 e. The van der Waals surface area contributed by atoms with Crippen molar-refractivity contribution in [3.8, 4) is 5.82 Å². The van der Waals surface area contributed by atoms with Crippen molar-refractivity contribution < 1.29 is 4.79 Å². The molecule has 0 saturated carbocycles. The molecule has 0 atom stereocenters. The predicted molar refractivity (Wildman–Crippen MR) is 91.8 cm³/mol. The molecule has 9 heteroatoms. The van der Waals surface area contributed by atoms with Gasteiger partial charge in [0.2, 0.25) is 0 Å². The molecule has 0 saturated heterocycles. The standard InChI is InChI=1S/C16H15N7O2/c1-9(2)20-16(25)23-14-10(8-19-23)13-11(7-18-14)15(24)22(21-13)12-5-3-4-6-17-12/h3-9,21H,1-2H3,(H,20,25). The van der Waals surface area contributed by atoms with Crippen molar-refractivity contribution in [2.45, 2.75) is 19.9 Å². The Labute approximate surface area is 141 Å². The minimum Gasteiger partial charge on any atom is -0.334 e. The van der Waals surface area contributed by atoms with Gasteiger partial charge < -0.3 is 5.32 Å². The Bertz CT molecular complexity index is 1140. The van der Waals surface area contributed by atoms with Crippen LogP contribution in [0, 0.1) is 0 Å². The van der Waals surface area contributed by atoms with Crippen LogP contribution in [-0.4, -0.2) is 41.6 Å². The van der Waals surface area contributed by atoms with E-state index in [0.717, 1.165) is 0 Å². The molecule has 9 nitrogen and oxygen atoms in total. The van der Waals surface area contributed by atoms with Gasteiger partial charge >= 0.3 is 6.03 Å². The summed E-state index contributed by atoms with van der Waals surface area (Å²) in [7, 11) is 0. The highest BCUT2D eigenvalue weighted by Crippen LogP contribution is 2.20. The fourth-order valence-electron chi connectivity index (χ4n) is 2.65. The summed E-state index contributed by atoms with van der Waals surface area (Å²) in [6, 6.07) is 4.89. The van der Waals surface area contributed by atoms with Crippen LogP contribution >= 0.6 is 0 Å². The summed E-state index contributed by atoms with van der Waals surface area (Å²) in [6.07, 6.45) is 4.56. The molecule has 0 bridgehead atoms. The molecule has 0 aliphatic heterocycles. The van der Waals surface area contributed by atoms with Crippen LogP contribution in [-0.2, 0) is 0 Å². The number of rotatable bonds is 2. The number of H-pyrrole nitrogens is 1. The number of aromatic nitrogens is 6. The molecule has 0 radical (unpaired) electrons. The second kappa shape index (κ2) is 5.55. The molecular weight excluding hydrogens is 322 g/mol. The molecule has 0 spiro atoms. The summed E-state index contributed by atoms with van der Waals surface area (Å²) in [6.45, 7) is 3.72. The molecule has 126 valence electrons. The molecule has 4 heterocycles. The van der Waals surface area contributed by atoms with Crippen molar-refractivity contribution >= 4 is 28.0 Å². The van der Waals surface area contributed by atoms with E-state index in [0.29, 0.717) is 27.8 Å². The first kappa shape index (κ1) is 15.1. The highest BCUT2D eigenvalue weighted by molar-refractivity contribution is 6.03. The van der Waals surface area contributed by atoms with Crippen LogP contribution in [0.1, 0.15) is 13.8 Å². The van der Waals surface area contributed by atoms with Gasteiger partial charge in [0.05, 0.1) is 22.5 Å². The average molecular weight is 337 g/mol. The van der Waals surface area contributed by atoms with Crippen LogP contribution in [0.4, 0.5) is 4.79 Å². The van der Waals surface area contributed by atoms with Gasteiger partial charge in [-0.25, -0.2) is 19.4 Å². The molecule has 1 amide bonds. The van der Waals surface area contributed by atoms with Crippen LogP contribution in [0.3, 0.4) is 0 Å².